The average Bonchev–Trinajstić information content (AvgIpc) is 2.09. The summed E-state index contributed by atoms with van der Waals surface area (Å²) in [6.45, 7) is 4.35. The average molecular weight is 214 g/mol. The normalized spacial score (nSPS) is 29.1. The van der Waals surface area contributed by atoms with E-state index in [1.54, 1.807) is 13.0 Å². The summed E-state index contributed by atoms with van der Waals surface area (Å²) < 4.78 is 15.2. The monoisotopic (exact) mass is 214 g/mol. The van der Waals surface area contributed by atoms with Gasteiger partial charge < -0.3 is 14.2 Å². The van der Waals surface area contributed by atoms with Crippen molar-refractivity contribution >= 4 is 11.9 Å². The molecule has 0 unspecified atom stereocenters. The Morgan fingerprint density at radius 2 is 1.80 bits per heavy atom. The van der Waals surface area contributed by atoms with Gasteiger partial charge in [0.15, 0.2) is 12.2 Å². The van der Waals surface area contributed by atoms with E-state index in [4.69, 9.17) is 14.2 Å². The van der Waals surface area contributed by atoms with Crippen molar-refractivity contribution in [3.8, 4) is 0 Å². The van der Waals surface area contributed by atoms with Gasteiger partial charge in [0.05, 0.1) is 6.26 Å². The predicted octanol–water partition coefficient (Wildman–Crippen LogP) is 0.782. The van der Waals surface area contributed by atoms with Crippen LogP contribution in [0.3, 0.4) is 0 Å². The number of ether oxygens (including phenoxy) is 3. The molecule has 0 amide bonds. The summed E-state index contributed by atoms with van der Waals surface area (Å²) in [6.07, 6.45) is 1.50. The molecule has 0 aromatic rings. The van der Waals surface area contributed by atoms with Gasteiger partial charge in [-0.1, -0.05) is 0 Å². The molecule has 0 bridgehead atoms. The maximum atomic E-state index is 10.8. The molecule has 5 nitrogen and oxygen atoms in total. The van der Waals surface area contributed by atoms with Crippen LogP contribution in [0.2, 0.25) is 0 Å². The predicted molar refractivity (Wildman–Crippen MR) is 50.8 cm³/mol. The van der Waals surface area contributed by atoms with Crippen LogP contribution in [0.15, 0.2) is 12.3 Å². The molecule has 0 spiro atoms. The van der Waals surface area contributed by atoms with Crippen LogP contribution in [-0.4, -0.2) is 30.3 Å². The fourth-order valence-corrected chi connectivity index (χ4v) is 1.35. The van der Waals surface area contributed by atoms with E-state index in [2.05, 4.69) is 0 Å². The minimum atomic E-state index is -0.587. The van der Waals surface area contributed by atoms with Crippen LogP contribution in [0.5, 0.6) is 0 Å². The highest BCUT2D eigenvalue weighted by molar-refractivity contribution is 5.67. The van der Waals surface area contributed by atoms with Crippen LogP contribution < -0.4 is 0 Å². The van der Waals surface area contributed by atoms with Gasteiger partial charge in [-0.25, -0.2) is 0 Å². The summed E-state index contributed by atoms with van der Waals surface area (Å²) in [5, 5.41) is 0. The van der Waals surface area contributed by atoms with Crippen LogP contribution in [-0.2, 0) is 23.8 Å². The van der Waals surface area contributed by atoms with E-state index in [0.717, 1.165) is 0 Å². The Hall–Kier alpha value is -1.52. The van der Waals surface area contributed by atoms with Crippen molar-refractivity contribution in [1.82, 2.24) is 0 Å². The van der Waals surface area contributed by atoms with E-state index in [9.17, 15) is 9.59 Å². The van der Waals surface area contributed by atoms with Crippen LogP contribution in [0.4, 0.5) is 0 Å². The zero-order chi connectivity index (χ0) is 11.4. The van der Waals surface area contributed by atoms with Gasteiger partial charge in [-0.3, -0.25) is 9.59 Å². The van der Waals surface area contributed by atoms with E-state index in [0.29, 0.717) is 0 Å². The Kier molecular flexibility index (Phi) is 3.71. The lowest BCUT2D eigenvalue weighted by molar-refractivity contribution is -0.172. The number of carbonyl (C=O) groups is 2. The second-order valence-corrected chi connectivity index (χ2v) is 3.32. The molecule has 0 aromatic carbocycles. The summed E-state index contributed by atoms with van der Waals surface area (Å²) >= 11 is 0. The van der Waals surface area contributed by atoms with Gasteiger partial charge in [-0.2, -0.15) is 0 Å². The summed E-state index contributed by atoms with van der Waals surface area (Å²) in [4.78, 5) is 21.7. The van der Waals surface area contributed by atoms with Gasteiger partial charge >= 0.3 is 11.9 Å². The van der Waals surface area contributed by atoms with Crippen LogP contribution in [0.25, 0.3) is 0 Å². The number of rotatable bonds is 2. The summed E-state index contributed by atoms with van der Waals surface area (Å²) in [7, 11) is 0. The highest BCUT2D eigenvalue weighted by atomic mass is 16.6. The standard InChI is InChI=1S/C10H14O5/c1-6-10(15-8(3)12)9(4-5-13-6)14-7(2)11/h4-6,9-10H,1-3H3/t6-,9-,10+/m0/s1. The van der Waals surface area contributed by atoms with Crippen LogP contribution >= 0.6 is 0 Å². The molecule has 0 N–H and O–H groups in total. The summed E-state index contributed by atoms with van der Waals surface area (Å²) in [5.41, 5.74) is 0. The number of esters is 2. The third-order valence-corrected chi connectivity index (χ3v) is 1.95. The number of hydrogen-bond acceptors (Lipinski definition) is 5. The maximum absolute atomic E-state index is 10.8. The van der Waals surface area contributed by atoms with Gasteiger partial charge in [-0.15, -0.1) is 0 Å². The SMILES string of the molecule is CC(=O)O[C@@H]1[C@H](C)OC=C[C@@H]1OC(C)=O. The zero-order valence-corrected chi connectivity index (χ0v) is 8.93. The fraction of sp³-hybridized carbons (Fsp3) is 0.600. The molecule has 84 valence electrons. The highest BCUT2D eigenvalue weighted by Crippen LogP contribution is 2.18. The lowest BCUT2D eigenvalue weighted by Gasteiger charge is -2.31. The first-order valence-electron chi connectivity index (χ1n) is 4.67. The van der Waals surface area contributed by atoms with Crippen LogP contribution in [0.1, 0.15) is 20.8 Å². The maximum Gasteiger partial charge on any atom is 0.303 e. The minimum Gasteiger partial charge on any atom is -0.494 e. The molecule has 0 aliphatic carbocycles. The fourth-order valence-electron chi connectivity index (χ4n) is 1.35. The van der Waals surface area contributed by atoms with E-state index in [-0.39, 0.29) is 6.10 Å². The molecule has 0 aromatic heterocycles. The molecule has 1 heterocycles. The van der Waals surface area contributed by atoms with E-state index in [1.165, 1.54) is 20.1 Å². The largest absolute Gasteiger partial charge is 0.494 e. The van der Waals surface area contributed by atoms with E-state index >= 15 is 0 Å². The molecular formula is C10H14O5. The minimum absolute atomic E-state index is 0.330. The lowest BCUT2D eigenvalue weighted by Crippen LogP contribution is -2.43. The van der Waals surface area contributed by atoms with E-state index < -0.39 is 24.1 Å². The first-order chi connectivity index (χ1) is 7.00. The van der Waals surface area contributed by atoms with Gasteiger partial charge in [0.1, 0.15) is 6.10 Å². The second kappa shape index (κ2) is 4.82. The lowest BCUT2D eigenvalue weighted by atomic mass is 10.1. The van der Waals surface area contributed by atoms with Crippen molar-refractivity contribution in [3.05, 3.63) is 12.3 Å². The van der Waals surface area contributed by atoms with Crippen molar-refractivity contribution in [3.63, 3.8) is 0 Å². The third kappa shape index (κ3) is 3.27. The molecule has 1 aliphatic rings. The first kappa shape index (κ1) is 11.6. The Bertz CT molecular complexity index is 284. The molecule has 0 fully saturated rings. The number of hydrogen-bond donors (Lipinski definition) is 0. The van der Waals surface area contributed by atoms with Crippen molar-refractivity contribution in [2.75, 3.05) is 0 Å². The molecule has 1 rings (SSSR count). The summed E-state index contributed by atoms with van der Waals surface area (Å²) in [5.74, 6) is -0.848. The second-order valence-electron chi connectivity index (χ2n) is 3.32. The molecule has 0 saturated carbocycles. The quantitative estimate of drug-likeness (QED) is 0.636. The van der Waals surface area contributed by atoms with Crippen LogP contribution in [0, 0.1) is 0 Å². The molecule has 3 atom stereocenters. The first-order valence-corrected chi connectivity index (χ1v) is 4.67. The van der Waals surface area contributed by atoms with Crippen molar-refractivity contribution in [1.29, 1.82) is 0 Å². The molecule has 15 heavy (non-hydrogen) atoms. The van der Waals surface area contributed by atoms with Gasteiger partial charge in [0.2, 0.25) is 0 Å². The third-order valence-electron chi connectivity index (χ3n) is 1.95. The van der Waals surface area contributed by atoms with Crippen molar-refractivity contribution in [2.45, 2.75) is 39.1 Å². The number of carbonyl (C=O) groups excluding carboxylic acids is 2. The molecule has 0 saturated heterocycles. The van der Waals surface area contributed by atoms with Crippen molar-refractivity contribution in [2.24, 2.45) is 0 Å². The Labute approximate surface area is 88.0 Å². The molecule has 0 radical (unpaired) electrons. The van der Waals surface area contributed by atoms with Crippen molar-refractivity contribution < 1.29 is 23.8 Å². The van der Waals surface area contributed by atoms with Gasteiger partial charge in [0.25, 0.3) is 0 Å². The van der Waals surface area contributed by atoms with E-state index in [1.807, 2.05) is 0 Å². The van der Waals surface area contributed by atoms with Gasteiger partial charge in [0, 0.05) is 13.8 Å². The molecule has 1 aliphatic heterocycles. The summed E-state index contributed by atoms with van der Waals surface area (Å²) in [6, 6.07) is 0. The zero-order valence-electron chi connectivity index (χ0n) is 8.93. The highest BCUT2D eigenvalue weighted by Gasteiger charge is 2.34. The Morgan fingerprint density at radius 3 is 2.33 bits per heavy atom. The Morgan fingerprint density at radius 1 is 1.20 bits per heavy atom. The topological polar surface area (TPSA) is 61.8 Å². The Balaban J connectivity index is 2.71. The molecular weight excluding hydrogens is 200 g/mol. The molecule has 5 heteroatoms. The van der Waals surface area contributed by atoms with Gasteiger partial charge in [-0.05, 0) is 13.0 Å². The smallest absolute Gasteiger partial charge is 0.303 e.